The topological polar surface area (TPSA) is 44.8 Å². The number of carbonyl (C=O) groups is 1. The minimum absolute atomic E-state index is 0.0130. The first-order valence-electron chi connectivity index (χ1n) is 9.02. The van der Waals surface area contributed by atoms with Gasteiger partial charge in [0.25, 0.3) is 0 Å². The van der Waals surface area contributed by atoms with E-state index in [1.54, 1.807) is 0 Å². The molecule has 0 aliphatic carbocycles. The largest absolute Gasteiger partial charge is 0.378 e. The van der Waals surface area contributed by atoms with E-state index in [1.807, 2.05) is 68.4 Å². The summed E-state index contributed by atoms with van der Waals surface area (Å²) in [7, 11) is 4.03. The van der Waals surface area contributed by atoms with Crippen molar-refractivity contribution in [3.8, 4) is 0 Å². The molecule has 2 aromatic rings. The third-order valence-electron chi connectivity index (χ3n) is 4.62. The van der Waals surface area contributed by atoms with Crippen LogP contribution in [-0.2, 0) is 11.3 Å². The maximum Gasteiger partial charge on any atom is 0.317 e. The molecule has 5 heteroatoms. The van der Waals surface area contributed by atoms with Gasteiger partial charge in [0, 0.05) is 32.9 Å². The minimum Gasteiger partial charge on any atom is -0.378 e. The SMILES string of the molecule is CC1CN(C(=O)NCc2ccc(N(C)C)cc2)CC(c2ccccc2)O1. The number of urea groups is 1. The van der Waals surface area contributed by atoms with Gasteiger partial charge in [0.15, 0.2) is 0 Å². The molecule has 1 heterocycles. The second kappa shape index (κ2) is 8.23. The van der Waals surface area contributed by atoms with E-state index in [1.165, 1.54) is 0 Å². The number of morpholine rings is 1. The number of nitrogens with zero attached hydrogens (tertiary/aromatic N) is 2. The van der Waals surface area contributed by atoms with Crippen LogP contribution in [0.25, 0.3) is 0 Å². The Bertz CT molecular complexity index is 716. The molecule has 5 nitrogen and oxygen atoms in total. The number of ether oxygens (including phenoxy) is 1. The molecule has 3 rings (SSSR count). The maximum atomic E-state index is 12.6. The van der Waals surface area contributed by atoms with Crippen LogP contribution in [-0.4, -0.2) is 44.2 Å². The van der Waals surface area contributed by atoms with Gasteiger partial charge in [-0.1, -0.05) is 42.5 Å². The maximum absolute atomic E-state index is 12.6. The van der Waals surface area contributed by atoms with Gasteiger partial charge in [-0.15, -0.1) is 0 Å². The van der Waals surface area contributed by atoms with Crippen molar-refractivity contribution in [2.45, 2.75) is 25.7 Å². The lowest BCUT2D eigenvalue weighted by molar-refractivity contribution is -0.0657. The third-order valence-corrected chi connectivity index (χ3v) is 4.62. The van der Waals surface area contributed by atoms with Crippen molar-refractivity contribution >= 4 is 11.7 Å². The third kappa shape index (κ3) is 4.55. The summed E-state index contributed by atoms with van der Waals surface area (Å²) >= 11 is 0. The van der Waals surface area contributed by atoms with Crippen molar-refractivity contribution in [1.82, 2.24) is 10.2 Å². The molecule has 0 bridgehead atoms. The van der Waals surface area contributed by atoms with E-state index in [2.05, 4.69) is 22.3 Å². The van der Waals surface area contributed by atoms with Crippen LogP contribution < -0.4 is 10.2 Å². The zero-order valence-electron chi connectivity index (χ0n) is 15.7. The van der Waals surface area contributed by atoms with E-state index in [0.717, 1.165) is 16.8 Å². The Balaban J connectivity index is 1.58. The summed E-state index contributed by atoms with van der Waals surface area (Å²) in [5, 5.41) is 3.03. The summed E-state index contributed by atoms with van der Waals surface area (Å²) in [5.41, 5.74) is 3.34. The number of hydrogen-bond donors (Lipinski definition) is 1. The lowest BCUT2D eigenvalue weighted by atomic mass is 10.1. The number of benzene rings is 2. The molecule has 1 fully saturated rings. The highest BCUT2D eigenvalue weighted by molar-refractivity contribution is 5.74. The molecule has 0 saturated carbocycles. The van der Waals surface area contributed by atoms with Crippen LogP contribution in [0.4, 0.5) is 10.5 Å². The van der Waals surface area contributed by atoms with Crippen molar-refractivity contribution in [2.24, 2.45) is 0 Å². The highest BCUT2D eigenvalue weighted by atomic mass is 16.5. The molecule has 0 aromatic heterocycles. The van der Waals surface area contributed by atoms with Crippen molar-refractivity contribution in [3.05, 3.63) is 65.7 Å². The molecule has 1 N–H and O–H groups in total. The van der Waals surface area contributed by atoms with Crippen LogP contribution in [0.3, 0.4) is 0 Å². The predicted octanol–water partition coefficient (Wildman–Crippen LogP) is 3.42. The summed E-state index contributed by atoms with van der Waals surface area (Å²) < 4.78 is 6.02. The quantitative estimate of drug-likeness (QED) is 0.916. The molecule has 2 unspecified atom stereocenters. The Morgan fingerprint density at radius 2 is 1.81 bits per heavy atom. The minimum atomic E-state index is -0.0786. The lowest BCUT2D eigenvalue weighted by Crippen LogP contribution is -2.49. The first kappa shape index (κ1) is 18.3. The predicted molar refractivity (Wildman–Crippen MR) is 104 cm³/mol. The second-order valence-electron chi connectivity index (χ2n) is 6.97. The molecule has 2 amide bonds. The number of nitrogens with one attached hydrogen (secondary N) is 1. The van der Waals surface area contributed by atoms with E-state index < -0.39 is 0 Å². The Hall–Kier alpha value is -2.53. The summed E-state index contributed by atoms with van der Waals surface area (Å²) in [6, 6.07) is 18.2. The van der Waals surface area contributed by atoms with Gasteiger partial charge < -0.3 is 19.9 Å². The molecular weight excluding hydrogens is 326 g/mol. The fourth-order valence-electron chi connectivity index (χ4n) is 3.17. The van der Waals surface area contributed by atoms with Crippen molar-refractivity contribution in [1.29, 1.82) is 0 Å². The van der Waals surface area contributed by atoms with Crippen LogP contribution >= 0.6 is 0 Å². The van der Waals surface area contributed by atoms with Gasteiger partial charge in [-0.2, -0.15) is 0 Å². The molecule has 138 valence electrons. The highest BCUT2D eigenvalue weighted by Gasteiger charge is 2.29. The van der Waals surface area contributed by atoms with Crippen molar-refractivity contribution in [3.63, 3.8) is 0 Å². The van der Waals surface area contributed by atoms with E-state index in [4.69, 9.17) is 4.74 Å². The Morgan fingerprint density at radius 3 is 2.46 bits per heavy atom. The number of hydrogen-bond acceptors (Lipinski definition) is 3. The molecular formula is C21H27N3O2. The first-order valence-corrected chi connectivity index (χ1v) is 9.02. The smallest absolute Gasteiger partial charge is 0.317 e. The average molecular weight is 353 g/mol. The monoisotopic (exact) mass is 353 g/mol. The van der Waals surface area contributed by atoms with Gasteiger partial charge in [-0.3, -0.25) is 0 Å². The molecule has 2 atom stereocenters. The van der Waals surface area contributed by atoms with Crippen molar-refractivity contribution in [2.75, 3.05) is 32.1 Å². The standard InChI is InChI=1S/C21H27N3O2/c1-16-14-24(15-20(26-16)18-7-5-4-6-8-18)21(25)22-13-17-9-11-19(12-10-17)23(2)3/h4-12,16,20H,13-15H2,1-3H3,(H,22,25). The highest BCUT2D eigenvalue weighted by Crippen LogP contribution is 2.25. The van der Waals surface area contributed by atoms with Crippen LogP contribution in [0.2, 0.25) is 0 Å². The van der Waals surface area contributed by atoms with Gasteiger partial charge in [0.1, 0.15) is 6.10 Å². The van der Waals surface area contributed by atoms with Gasteiger partial charge in [-0.05, 0) is 30.2 Å². The number of carbonyl (C=O) groups excluding carboxylic acids is 1. The summed E-state index contributed by atoms with van der Waals surface area (Å²) in [5.74, 6) is 0. The fraction of sp³-hybridized carbons (Fsp3) is 0.381. The molecule has 1 aliphatic rings. The summed E-state index contributed by atoms with van der Waals surface area (Å²) in [6.07, 6.45) is -0.0656. The first-order chi connectivity index (χ1) is 12.5. The van der Waals surface area contributed by atoms with Crippen molar-refractivity contribution < 1.29 is 9.53 Å². The van der Waals surface area contributed by atoms with Gasteiger partial charge in [0.2, 0.25) is 0 Å². The molecule has 0 radical (unpaired) electrons. The Morgan fingerprint density at radius 1 is 1.12 bits per heavy atom. The van der Waals surface area contributed by atoms with Crippen LogP contribution in [0.5, 0.6) is 0 Å². The summed E-state index contributed by atoms with van der Waals surface area (Å²) in [4.78, 5) is 16.5. The Labute approximate surface area is 155 Å². The lowest BCUT2D eigenvalue weighted by Gasteiger charge is -2.37. The Kier molecular flexibility index (Phi) is 5.78. The van der Waals surface area contributed by atoms with E-state index in [-0.39, 0.29) is 18.2 Å². The molecule has 1 saturated heterocycles. The zero-order valence-corrected chi connectivity index (χ0v) is 15.7. The van der Waals surface area contributed by atoms with Crippen LogP contribution in [0, 0.1) is 0 Å². The van der Waals surface area contributed by atoms with E-state index >= 15 is 0 Å². The number of amides is 2. The molecule has 26 heavy (non-hydrogen) atoms. The molecule has 1 aliphatic heterocycles. The fourth-order valence-corrected chi connectivity index (χ4v) is 3.17. The number of anilines is 1. The number of rotatable bonds is 4. The average Bonchev–Trinajstić information content (AvgIpc) is 2.66. The molecule has 2 aromatic carbocycles. The molecule has 0 spiro atoms. The van der Waals surface area contributed by atoms with Crippen LogP contribution in [0.15, 0.2) is 54.6 Å². The summed E-state index contributed by atoms with van der Waals surface area (Å²) in [6.45, 7) is 3.71. The zero-order chi connectivity index (χ0) is 18.5. The van der Waals surface area contributed by atoms with E-state index in [9.17, 15) is 4.79 Å². The van der Waals surface area contributed by atoms with Gasteiger partial charge in [-0.25, -0.2) is 4.79 Å². The van der Waals surface area contributed by atoms with E-state index in [0.29, 0.717) is 19.6 Å². The van der Waals surface area contributed by atoms with Gasteiger partial charge >= 0.3 is 6.03 Å². The van der Waals surface area contributed by atoms with Gasteiger partial charge in [0.05, 0.1) is 12.6 Å². The second-order valence-corrected chi connectivity index (χ2v) is 6.97. The normalized spacial score (nSPS) is 19.9. The van der Waals surface area contributed by atoms with Crippen LogP contribution in [0.1, 0.15) is 24.2 Å².